The Morgan fingerprint density at radius 1 is 0.923 bits per heavy atom. The highest BCUT2D eigenvalue weighted by atomic mass is 35.5. The van der Waals surface area contributed by atoms with Gasteiger partial charge in [0.15, 0.2) is 0 Å². The number of hydrogen-bond acceptors (Lipinski definition) is 3. The third-order valence-electron chi connectivity index (χ3n) is 4.26. The first-order chi connectivity index (χ1) is 12.1. The van der Waals surface area contributed by atoms with E-state index >= 15 is 0 Å². The zero-order valence-electron chi connectivity index (χ0n) is 14.1. The van der Waals surface area contributed by atoms with Crippen LogP contribution in [0.15, 0.2) is 66.7 Å². The Kier molecular flexibility index (Phi) is 4.78. The molecule has 0 bridgehead atoms. The summed E-state index contributed by atoms with van der Waals surface area (Å²) >= 11 is 0. The van der Waals surface area contributed by atoms with Gasteiger partial charge in [-0.25, -0.2) is 4.79 Å². The number of anilines is 2. The number of halogens is 1. The Bertz CT molecular complexity index is 1130. The zero-order valence-corrected chi connectivity index (χ0v) is 14.9. The summed E-state index contributed by atoms with van der Waals surface area (Å²) in [6.45, 7) is 1.94. The van der Waals surface area contributed by atoms with Gasteiger partial charge in [0.1, 0.15) is 0 Å². The third kappa shape index (κ3) is 3.07. The predicted octanol–water partition coefficient (Wildman–Crippen LogP) is 5.56. The minimum absolute atomic E-state index is 0. The van der Waals surface area contributed by atoms with Crippen molar-refractivity contribution in [1.29, 1.82) is 0 Å². The SMILES string of the molecule is Cc1cc(Nc2ccccc2C(=O)O)c2ccc3ccccc3c2n1.Cl. The van der Waals surface area contributed by atoms with E-state index in [1.165, 1.54) is 0 Å². The van der Waals surface area contributed by atoms with Gasteiger partial charge >= 0.3 is 5.97 Å². The second kappa shape index (κ2) is 7.02. The Labute approximate surface area is 156 Å². The van der Waals surface area contributed by atoms with Gasteiger partial charge in [-0.3, -0.25) is 4.98 Å². The smallest absolute Gasteiger partial charge is 0.337 e. The number of benzene rings is 3. The van der Waals surface area contributed by atoms with Crippen LogP contribution in [-0.2, 0) is 0 Å². The first kappa shape index (κ1) is 17.7. The molecule has 130 valence electrons. The number of nitrogens with one attached hydrogen (secondary N) is 1. The van der Waals surface area contributed by atoms with E-state index in [-0.39, 0.29) is 18.0 Å². The Hall–Kier alpha value is -3.11. The summed E-state index contributed by atoms with van der Waals surface area (Å²) in [5.74, 6) is -0.955. The van der Waals surface area contributed by atoms with E-state index in [4.69, 9.17) is 4.98 Å². The average Bonchev–Trinajstić information content (AvgIpc) is 2.62. The van der Waals surface area contributed by atoms with Gasteiger partial charge in [0.05, 0.1) is 16.8 Å². The first-order valence-corrected chi connectivity index (χ1v) is 8.02. The number of nitrogens with zero attached hydrogens (tertiary/aromatic N) is 1. The number of aromatic nitrogens is 1. The van der Waals surface area contributed by atoms with Gasteiger partial charge in [-0.2, -0.15) is 0 Å². The lowest BCUT2D eigenvalue weighted by Crippen LogP contribution is -2.03. The zero-order chi connectivity index (χ0) is 17.4. The standard InChI is InChI=1S/C21H16N2O2.ClH/c1-13-12-19(23-18-9-5-4-8-17(18)21(24)25)16-11-10-14-6-2-3-7-15(14)20(16)22-13;/h2-12H,1H3,(H,22,23)(H,24,25);1H. The van der Waals surface area contributed by atoms with Crippen LogP contribution in [0.4, 0.5) is 11.4 Å². The van der Waals surface area contributed by atoms with E-state index in [9.17, 15) is 9.90 Å². The van der Waals surface area contributed by atoms with E-state index in [0.29, 0.717) is 5.69 Å². The molecule has 0 spiro atoms. The fraction of sp³-hybridized carbons (Fsp3) is 0.0476. The van der Waals surface area contributed by atoms with Crippen LogP contribution in [-0.4, -0.2) is 16.1 Å². The van der Waals surface area contributed by atoms with Crippen LogP contribution in [0.25, 0.3) is 21.7 Å². The highest BCUT2D eigenvalue weighted by Crippen LogP contribution is 2.32. The van der Waals surface area contributed by atoms with Crippen LogP contribution < -0.4 is 5.32 Å². The molecule has 3 aromatic carbocycles. The molecule has 0 amide bonds. The molecule has 2 N–H and O–H groups in total. The van der Waals surface area contributed by atoms with Crippen LogP contribution in [0.3, 0.4) is 0 Å². The molecule has 4 rings (SSSR count). The van der Waals surface area contributed by atoms with E-state index in [1.54, 1.807) is 18.2 Å². The summed E-state index contributed by atoms with van der Waals surface area (Å²) in [6.07, 6.45) is 0. The molecule has 4 aromatic rings. The lowest BCUT2D eigenvalue weighted by molar-refractivity contribution is 0.0698. The summed E-state index contributed by atoms with van der Waals surface area (Å²) in [7, 11) is 0. The number of carboxylic acids is 1. The topological polar surface area (TPSA) is 62.2 Å². The van der Waals surface area contributed by atoms with Crippen molar-refractivity contribution in [1.82, 2.24) is 4.98 Å². The summed E-state index contributed by atoms with van der Waals surface area (Å²) in [4.78, 5) is 16.2. The molecule has 0 aliphatic carbocycles. The van der Waals surface area contributed by atoms with Crippen LogP contribution in [0.5, 0.6) is 0 Å². The third-order valence-corrected chi connectivity index (χ3v) is 4.26. The number of aromatic carboxylic acids is 1. The van der Waals surface area contributed by atoms with Crippen molar-refractivity contribution < 1.29 is 9.90 Å². The van der Waals surface area contributed by atoms with Gasteiger partial charge < -0.3 is 10.4 Å². The molecule has 0 fully saturated rings. The predicted molar refractivity (Wildman–Crippen MR) is 108 cm³/mol. The monoisotopic (exact) mass is 364 g/mol. The number of rotatable bonds is 3. The first-order valence-electron chi connectivity index (χ1n) is 8.02. The molecule has 0 saturated carbocycles. The number of para-hydroxylation sites is 1. The molecule has 5 heteroatoms. The van der Waals surface area contributed by atoms with Crippen molar-refractivity contribution in [2.24, 2.45) is 0 Å². The number of fused-ring (bicyclic) bond motifs is 3. The minimum atomic E-state index is -0.955. The highest BCUT2D eigenvalue weighted by Gasteiger charge is 2.12. The van der Waals surface area contributed by atoms with Crippen molar-refractivity contribution in [2.45, 2.75) is 6.92 Å². The Morgan fingerprint density at radius 2 is 1.65 bits per heavy atom. The second-order valence-electron chi connectivity index (χ2n) is 5.97. The molecule has 4 nitrogen and oxygen atoms in total. The Balaban J connectivity index is 0.00000196. The molecular formula is C21H17ClN2O2. The van der Waals surface area contributed by atoms with Crippen molar-refractivity contribution in [3.63, 3.8) is 0 Å². The maximum absolute atomic E-state index is 11.5. The quantitative estimate of drug-likeness (QED) is 0.467. The Morgan fingerprint density at radius 3 is 2.46 bits per heavy atom. The summed E-state index contributed by atoms with van der Waals surface area (Å²) in [5, 5.41) is 15.9. The average molecular weight is 365 g/mol. The maximum Gasteiger partial charge on any atom is 0.337 e. The normalized spacial score (nSPS) is 10.5. The summed E-state index contributed by atoms with van der Waals surface area (Å²) < 4.78 is 0. The molecule has 0 saturated heterocycles. The molecule has 1 heterocycles. The van der Waals surface area contributed by atoms with E-state index in [2.05, 4.69) is 23.5 Å². The van der Waals surface area contributed by atoms with Crippen LogP contribution in [0.1, 0.15) is 16.1 Å². The van der Waals surface area contributed by atoms with Crippen LogP contribution >= 0.6 is 12.4 Å². The van der Waals surface area contributed by atoms with Crippen molar-refractivity contribution >= 4 is 51.4 Å². The molecular weight excluding hydrogens is 348 g/mol. The molecule has 0 aliphatic heterocycles. The van der Waals surface area contributed by atoms with Gasteiger partial charge in [0.25, 0.3) is 0 Å². The molecule has 26 heavy (non-hydrogen) atoms. The lowest BCUT2D eigenvalue weighted by Gasteiger charge is -2.14. The minimum Gasteiger partial charge on any atom is -0.478 e. The van der Waals surface area contributed by atoms with Gasteiger partial charge in [-0.1, -0.05) is 48.5 Å². The van der Waals surface area contributed by atoms with Gasteiger partial charge in [0, 0.05) is 22.2 Å². The van der Waals surface area contributed by atoms with E-state index in [1.807, 2.05) is 37.3 Å². The van der Waals surface area contributed by atoms with Gasteiger partial charge in [-0.15, -0.1) is 12.4 Å². The van der Waals surface area contributed by atoms with Crippen LogP contribution in [0.2, 0.25) is 0 Å². The maximum atomic E-state index is 11.5. The molecule has 1 aromatic heterocycles. The summed E-state index contributed by atoms with van der Waals surface area (Å²) in [5.41, 5.74) is 3.44. The van der Waals surface area contributed by atoms with E-state index < -0.39 is 5.97 Å². The van der Waals surface area contributed by atoms with E-state index in [0.717, 1.165) is 33.1 Å². The highest BCUT2D eigenvalue weighted by molar-refractivity contribution is 6.10. The molecule has 0 aliphatic rings. The largest absolute Gasteiger partial charge is 0.478 e. The number of carboxylic acid groups (broad SMARTS) is 1. The van der Waals surface area contributed by atoms with Gasteiger partial charge in [-0.05, 0) is 30.5 Å². The second-order valence-corrected chi connectivity index (χ2v) is 5.97. The van der Waals surface area contributed by atoms with Crippen LogP contribution in [0, 0.1) is 6.92 Å². The molecule has 0 atom stereocenters. The summed E-state index contributed by atoms with van der Waals surface area (Å²) in [6, 6.07) is 21.0. The number of pyridine rings is 1. The fourth-order valence-corrected chi connectivity index (χ4v) is 3.12. The lowest BCUT2D eigenvalue weighted by atomic mass is 10.0. The van der Waals surface area contributed by atoms with Gasteiger partial charge in [0.2, 0.25) is 0 Å². The number of carbonyl (C=O) groups is 1. The molecule has 0 radical (unpaired) electrons. The molecule has 0 unspecified atom stereocenters. The number of aryl methyl sites for hydroxylation is 1. The van der Waals surface area contributed by atoms with Crippen molar-refractivity contribution in [2.75, 3.05) is 5.32 Å². The van der Waals surface area contributed by atoms with Crippen molar-refractivity contribution in [3.8, 4) is 0 Å². The van der Waals surface area contributed by atoms with Crippen molar-refractivity contribution in [3.05, 3.63) is 78.0 Å². The number of hydrogen-bond donors (Lipinski definition) is 2. The fourth-order valence-electron chi connectivity index (χ4n) is 3.12.